The third-order valence-corrected chi connectivity index (χ3v) is 4.11. The first-order valence-corrected chi connectivity index (χ1v) is 9.67. The highest BCUT2D eigenvalue weighted by atomic mass is 16.5. The average Bonchev–Trinajstić information content (AvgIpc) is 2.77. The molecule has 4 rings (SSSR count). The van der Waals surface area contributed by atoms with E-state index in [1.807, 2.05) is 56.3 Å². The minimum Gasteiger partial charge on any atom is -0.398 e. The number of nitrogens with two attached hydrogens (primary N) is 1. The Balaban J connectivity index is 0.000000164. The smallest absolute Gasteiger partial charge is 0.0437 e. The highest BCUT2D eigenvalue weighted by Crippen LogP contribution is 2.19. The standard InChI is InChI=1S/C12H10.C10H9N.C4H10O/c1-3-7-11(8-4-1)12-9-5-2-6-10-12;11-10-7-3-5-8-4-1-2-6-9(8)10;1-3-5-4-2/h1-10H;1-7H,11H2;3-4H2,1-2H3. The van der Waals surface area contributed by atoms with Gasteiger partial charge in [0.25, 0.3) is 0 Å². The highest BCUT2D eigenvalue weighted by molar-refractivity contribution is 5.92. The zero-order chi connectivity index (χ0) is 20.0. The fourth-order valence-electron chi connectivity index (χ4n) is 2.72. The molecule has 4 aromatic carbocycles. The van der Waals surface area contributed by atoms with Gasteiger partial charge in [0.1, 0.15) is 0 Å². The molecule has 0 aromatic heterocycles. The fourth-order valence-corrected chi connectivity index (χ4v) is 2.72. The molecule has 28 heavy (non-hydrogen) atoms. The molecular formula is C26H29NO. The molecule has 0 saturated carbocycles. The van der Waals surface area contributed by atoms with E-state index in [9.17, 15) is 0 Å². The fraction of sp³-hybridized carbons (Fsp3) is 0.154. The van der Waals surface area contributed by atoms with Gasteiger partial charge in [0.05, 0.1) is 0 Å². The minimum atomic E-state index is 0.844. The summed E-state index contributed by atoms with van der Waals surface area (Å²) in [5.74, 6) is 0. The number of nitrogen functional groups attached to an aromatic ring is 1. The van der Waals surface area contributed by atoms with Crippen LogP contribution < -0.4 is 5.73 Å². The van der Waals surface area contributed by atoms with E-state index in [1.54, 1.807) is 0 Å². The van der Waals surface area contributed by atoms with Crippen molar-refractivity contribution in [2.24, 2.45) is 0 Å². The summed E-state index contributed by atoms with van der Waals surface area (Å²) < 4.78 is 4.83. The van der Waals surface area contributed by atoms with Crippen LogP contribution in [-0.2, 0) is 4.74 Å². The summed E-state index contributed by atoms with van der Waals surface area (Å²) in [5, 5.41) is 2.34. The topological polar surface area (TPSA) is 35.2 Å². The maximum Gasteiger partial charge on any atom is 0.0437 e. The molecule has 2 nitrogen and oxygen atoms in total. The first kappa shape index (κ1) is 21.2. The molecule has 4 aromatic rings. The zero-order valence-corrected chi connectivity index (χ0v) is 16.7. The lowest BCUT2D eigenvalue weighted by atomic mass is 10.1. The normalized spacial score (nSPS) is 9.64. The van der Waals surface area contributed by atoms with Crippen molar-refractivity contribution in [2.75, 3.05) is 18.9 Å². The van der Waals surface area contributed by atoms with Crippen molar-refractivity contribution in [3.05, 3.63) is 103 Å². The molecule has 0 unspecified atom stereocenters. The van der Waals surface area contributed by atoms with Crippen LogP contribution in [0.4, 0.5) is 5.69 Å². The Labute approximate surface area is 168 Å². The molecule has 0 heterocycles. The zero-order valence-electron chi connectivity index (χ0n) is 16.7. The summed E-state index contributed by atoms with van der Waals surface area (Å²) in [6.07, 6.45) is 0. The Morgan fingerprint density at radius 2 is 1.04 bits per heavy atom. The molecule has 2 N–H and O–H groups in total. The van der Waals surface area contributed by atoms with Gasteiger partial charge in [-0.3, -0.25) is 0 Å². The lowest BCUT2D eigenvalue weighted by Gasteiger charge is -1.98. The average molecular weight is 372 g/mol. The molecule has 0 saturated heterocycles. The van der Waals surface area contributed by atoms with E-state index in [0.29, 0.717) is 0 Å². The lowest BCUT2D eigenvalue weighted by molar-refractivity contribution is 0.162. The van der Waals surface area contributed by atoms with Crippen LogP contribution in [0.1, 0.15) is 13.8 Å². The van der Waals surface area contributed by atoms with Gasteiger partial charge in [-0.15, -0.1) is 0 Å². The van der Waals surface area contributed by atoms with Crippen LogP contribution >= 0.6 is 0 Å². The molecular weight excluding hydrogens is 342 g/mol. The predicted octanol–water partition coefficient (Wildman–Crippen LogP) is 6.82. The number of hydrogen-bond donors (Lipinski definition) is 1. The highest BCUT2D eigenvalue weighted by Gasteiger charge is 1.93. The second-order valence-electron chi connectivity index (χ2n) is 6.08. The molecule has 0 fully saturated rings. The van der Waals surface area contributed by atoms with Crippen LogP contribution in [0.15, 0.2) is 103 Å². The molecule has 0 aliphatic rings. The molecule has 0 spiro atoms. The van der Waals surface area contributed by atoms with E-state index in [1.165, 1.54) is 16.5 Å². The summed E-state index contributed by atoms with van der Waals surface area (Å²) in [7, 11) is 0. The van der Waals surface area contributed by atoms with E-state index in [2.05, 4.69) is 60.7 Å². The monoisotopic (exact) mass is 371 g/mol. The number of benzene rings is 4. The van der Waals surface area contributed by atoms with Crippen molar-refractivity contribution in [3.8, 4) is 11.1 Å². The molecule has 0 aliphatic carbocycles. The molecule has 0 atom stereocenters. The summed E-state index contributed by atoms with van der Waals surface area (Å²) in [4.78, 5) is 0. The maximum absolute atomic E-state index is 5.76. The molecule has 0 amide bonds. The van der Waals surface area contributed by atoms with Crippen LogP contribution in [0.2, 0.25) is 0 Å². The molecule has 2 heteroatoms. The maximum atomic E-state index is 5.76. The van der Waals surface area contributed by atoms with Crippen LogP contribution in [0.5, 0.6) is 0 Å². The molecule has 0 radical (unpaired) electrons. The largest absolute Gasteiger partial charge is 0.398 e. The Kier molecular flexibility index (Phi) is 9.33. The SMILES string of the molecule is CCOCC.Nc1cccc2ccccc12.c1ccc(-c2ccccc2)cc1. The number of ether oxygens (including phenoxy) is 1. The van der Waals surface area contributed by atoms with Crippen LogP contribution in [-0.4, -0.2) is 13.2 Å². The van der Waals surface area contributed by atoms with E-state index >= 15 is 0 Å². The number of rotatable bonds is 3. The van der Waals surface area contributed by atoms with Gasteiger partial charge in [0, 0.05) is 24.3 Å². The quantitative estimate of drug-likeness (QED) is 0.401. The van der Waals surface area contributed by atoms with E-state index in [4.69, 9.17) is 10.5 Å². The van der Waals surface area contributed by atoms with Gasteiger partial charge in [-0.1, -0.05) is 97.1 Å². The van der Waals surface area contributed by atoms with Crippen LogP contribution in [0.3, 0.4) is 0 Å². The van der Waals surface area contributed by atoms with Gasteiger partial charge >= 0.3 is 0 Å². The third-order valence-electron chi connectivity index (χ3n) is 4.11. The Hall–Kier alpha value is -3.10. The van der Waals surface area contributed by atoms with Crippen molar-refractivity contribution in [3.63, 3.8) is 0 Å². The predicted molar refractivity (Wildman–Crippen MR) is 122 cm³/mol. The number of anilines is 1. The van der Waals surface area contributed by atoms with Crippen molar-refractivity contribution in [2.45, 2.75) is 13.8 Å². The van der Waals surface area contributed by atoms with Gasteiger partial charge in [-0.2, -0.15) is 0 Å². The first-order valence-electron chi connectivity index (χ1n) is 9.67. The minimum absolute atomic E-state index is 0.844. The van der Waals surface area contributed by atoms with E-state index in [-0.39, 0.29) is 0 Å². The van der Waals surface area contributed by atoms with Gasteiger partial charge in [-0.05, 0) is 36.4 Å². The summed E-state index contributed by atoms with van der Waals surface area (Å²) >= 11 is 0. The summed E-state index contributed by atoms with van der Waals surface area (Å²) in [6, 6.07) is 34.8. The Morgan fingerprint density at radius 1 is 0.571 bits per heavy atom. The van der Waals surface area contributed by atoms with Gasteiger partial charge in [0.2, 0.25) is 0 Å². The number of hydrogen-bond acceptors (Lipinski definition) is 2. The van der Waals surface area contributed by atoms with Crippen LogP contribution in [0, 0.1) is 0 Å². The van der Waals surface area contributed by atoms with Crippen molar-refractivity contribution in [1.29, 1.82) is 0 Å². The Bertz CT molecular complexity index is 876. The van der Waals surface area contributed by atoms with Gasteiger partial charge in [-0.25, -0.2) is 0 Å². The first-order chi connectivity index (χ1) is 13.8. The third kappa shape index (κ3) is 6.90. The van der Waals surface area contributed by atoms with E-state index in [0.717, 1.165) is 24.3 Å². The molecule has 144 valence electrons. The lowest BCUT2D eigenvalue weighted by Crippen LogP contribution is -1.84. The second kappa shape index (κ2) is 12.3. The van der Waals surface area contributed by atoms with Gasteiger partial charge < -0.3 is 10.5 Å². The van der Waals surface area contributed by atoms with Crippen molar-refractivity contribution >= 4 is 16.5 Å². The van der Waals surface area contributed by atoms with Crippen LogP contribution in [0.25, 0.3) is 21.9 Å². The molecule has 0 bridgehead atoms. The number of fused-ring (bicyclic) bond motifs is 1. The summed E-state index contributed by atoms with van der Waals surface area (Å²) in [5.41, 5.74) is 9.16. The van der Waals surface area contributed by atoms with Crippen molar-refractivity contribution < 1.29 is 4.74 Å². The van der Waals surface area contributed by atoms with E-state index < -0.39 is 0 Å². The van der Waals surface area contributed by atoms with Crippen molar-refractivity contribution in [1.82, 2.24) is 0 Å². The summed E-state index contributed by atoms with van der Waals surface area (Å²) in [6.45, 7) is 5.67. The van der Waals surface area contributed by atoms with Gasteiger partial charge in [0.15, 0.2) is 0 Å². The Morgan fingerprint density at radius 3 is 1.50 bits per heavy atom. The molecule has 0 aliphatic heterocycles. The second-order valence-corrected chi connectivity index (χ2v) is 6.08.